The van der Waals surface area contributed by atoms with Gasteiger partial charge in [-0.05, 0) is 63.4 Å². The lowest BCUT2D eigenvalue weighted by molar-refractivity contribution is -0.150. The van der Waals surface area contributed by atoms with Gasteiger partial charge in [0.05, 0.1) is 24.2 Å². The minimum atomic E-state index is -1.70. The topological polar surface area (TPSA) is 152 Å². The molecule has 12 nitrogen and oxygen atoms in total. The number of esters is 1. The Labute approximate surface area is 239 Å². The van der Waals surface area contributed by atoms with Gasteiger partial charge >= 0.3 is 14.5 Å². The average Bonchev–Trinajstić information content (AvgIpc) is 3.42. The Balaban J connectivity index is 1.29. The highest BCUT2D eigenvalue weighted by atomic mass is 35.5. The average molecular weight is 592 g/mol. The van der Waals surface area contributed by atoms with Crippen LogP contribution in [0.25, 0.3) is 11.0 Å². The van der Waals surface area contributed by atoms with Gasteiger partial charge in [-0.25, -0.2) is 10.9 Å². The first-order valence-electron chi connectivity index (χ1n) is 13.2. The third-order valence-electron chi connectivity index (χ3n) is 6.80. The van der Waals surface area contributed by atoms with E-state index in [4.69, 9.17) is 41.7 Å². The highest BCUT2D eigenvalue weighted by Crippen LogP contribution is 2.48. The zero-order chi connectivity index (χ0) is 28.6. The molecule has 0 bridgehead atoms. The molecule has 2 aromatic heterocycles. The van der Waals surface area contributed by atoms with Crippen LogP contribution in [0.4, 0.5) is 11.8 Å². The lowest BCUT2D eigenvalue weighted by Gasteiger charge is -2.25. The van der Waals surface area contributed by atoms with E-state index in [1.54, 1.807) is 31.3 Å². The number of hydrogen-bond donors (Lipinski definition) is 3. The van der Waals surface area contributed by atoms with Crippen LogP contribution in [-0.2, 0) is 18.8 Å². The second kappa shape index (κ2) is 11.6. The molecule has 2 fully saturated rings. The summed E-state index contributed by atoms with van der Waals surface area (Å²) in [6.45, 7) is 6.03. The SMILES string of the molecule is CC(C)OC(=O)C1(NP(OCC2CC(C)C(n3ccc4c(N(C)N)nc(N)nc43)O2)Oc2ccc(Cl)cc2)CC1. The standard InChI is InChI=1S/C26H35ClN7O5P/c1-15(2)37-24(35)26(10-11-26)32-40(39-18-7-5-17(27)6-8-18)36-14-19-13-16(3)23(38-19)34-12-9-20-21(33(4)29)30-25(28)31-22(20)34/h5-9,12,15-16,19,23,32H,10-11,13-14,29H2,1-4H3,(H2,28,30,31). The van der Waals surface area contributed by atoms with E-state index in [0.717, 1.165) is 11.8 Å². The van der Waals surface area contributed by atoms with Crippen molar-refractivity contribution < 1.29 is 23.3 Å². The zero-order valence-corrected chi connectivity index (χ0v) is 24.6. The van der Waals surface area contributed by atoms with Crippen LogP contribution < -0.4 is 26.2 Å². The molecule has 40 heavy (non-hydrogen) atoms. The Kier molecular flexibility index (Phi) is 8.37. The molecule has 216 valence electrons. The van der Waals surface area contributed by atoms with E-state index in [1.165, 1.54) is 5.01 Å². The minimum Gasteiger partial charge on any atom is -0.462 e. The van der Waals surface area contributed by atoms with Gasteiger partial charge in [-0.2, -0.15) is 9.97 Å². The molecule has 1 aromatic carbocycles. The number of halogens is 1. The number of nitrogens with two attached hydrogens (primary N) is 2. The monoisotopic (exact) mass is 591 g/mol. The number of aromatic nitrogens is 3. The van der Waals surface area contributed by atoms with E-state index < -0.39 is 14.1 Å². The van der Waals surface area contributed by atoms with Gasteiger partial charge in [0.15, 0.2) is 5.82 Å². The molecule has 1 aliphatic heterocycles. The van der Waals surface area contributed by atoms with Crippen LogP contribution >= 0.6 is 20.1 Å². The number of nitrogen functional groups attached to an aromatic ring is 1. The maximum Gasteiger partial charge on any atom is 0.327 e. The molecule has 0 radical (unpaired) electrons. The Morgan fingerprint density at radius 3 is 2.67 bits per heavy atom. The number of nitrogens with zero attached hydrogens (tertiary/aromatic N) is 4. The summed E-state index contributed by atoms with van der Waals surface area (Å²) < 4.78 is 26.3. The van der Waals surface area contributed by atoms with E-state index in [-0.39, 0.29) is 42.9 Å². The van der Waals surface area contributed by atoms with Crippen LogP contribution in [0.3, 0.4) is 0 Å². The molecule has 0 spiro atoms. The molecule has 4 unspecified atom stereocenters. The Morgan fingerprint density at radius 2 is 2.02 bits per heavy atom. The second-order valence-electron chi connectivity index (χ2n) is 10.6. The van der Waals surface area contributed by atoms with Crippen molar-refractivity contribution >= 4 is 48.9 Å². The Morgan fingerprint density at radius 1 is 1.30 bits per heavy atom. The van der Waals surface area contributed by atoms with Crippen molar-refractivity contribution in [2.24, 2.45) is 11.8 Å². The predicted molar refractivity (Wildman–Crippen MR) is 154 cm³/mol. The summed E-state index contributed by atoms with van der Waals surface area (Å²) in [6.07, 6.45) is 3.23. The van der Waals surface area contributed by atoms with Crippen molar-refractivity contribution in [3.05, 3.63) is 41.6 Å². The molecule has 5 rings (SSSR count). The van der Waals surface area contributed by atoms with Crippen LogP contribution in [0.5, 0.6) is 5.75 Å². The van der Waals surface area contributed by atoms with Gasteiger partial charge in [0.1, 0.15) is 23.2 Å². The first kappa shape index (κ1) is 28.8. The van der Waals surface area contributed by atoms with E-state index in [1.807, 2.05) is 30.7 Å². The number of hydrazine groups is 1. The van der Waals surface area contributed by atoms with Crippen LogP contribution in [0.2, 0.25) is 5.02 Å². The van der Waals surface area contributed by atoms with Gasteiger partial charge in [0.25, 0.3) is 0 Å². The number of fused-ring (bicyclic) bond motifs is 1. The fourth-order valence-corrected chi connectivity index (χ4v) is 6.25. The third-order valence-corrected chi connectivity index (χ3v) is 8.42. The predicted octanol–water partition coefficient (Wildman–Crippen LogP) is 4.30. The number of ether oxygens (including phenoxy) is 2. The highest BCUT2D eigenvalue weighted by molar-refractivity contribution is 7.45. The molecule has 5 N–H and O–H groups in total. The molecule has 3 heterocycles. The van der Waals surface area contributed by atoms with Crippen LogP contribution in [0, 0.1) is 5.92 Å². The number of carbonyl (C=O) groups is 1. The van der Waals surface area contributed by atoms with Crippen molar-refractivity contribution in [3.63, 3.8) is 0 Å². The van der Waals surface area contributed by atoms with E-state index >= 15 is 0 Å². The molecule has 1 aliphatic carbocycles. The lowest BCUT2D eigenvalue weighted by Crippen LogP contribution is -2.40. The quantitative estimate of drug-likeness (QED) is 0.127. The van der Waals surface area contributed by atoms with Crippen molar-refractivity contribution in [1.82, 2.24) is 19.6 Å². The summed E-state index contributed by atoms with van der Waals surface area (Å²) >= 11 is 6.04. The summed E-state index contributed by atoms with van der Waals surface area (Å²) in [5, 5.41) is 6.09. The van der Waals surface area contributed by atoms with Gasteiger partial charge in [-0.3, -0.25) is 9.80 Å². The molecule has 1 saturated carbocycles. The van der Waals surface area contributed by atoms with Crippen molar-refractivity contribution in [2.45, 2.75) is 64.0 Å². The lowest BCUT2D eigenvalue weighted by atomic mass is 10.1. The van der Waals surface area contributed by atoms with Gasteiger partial charge in [0, 0.05) is 24.2 Å². The fraction of sp³-hybridized carbons (Fsp3) is 0.500. The fourth-order valence-electron chi connectivity index (χ4n) is 4.68. The molecule has 0 amide bonds. The molecular weight excluding hydrogens is 557 g/mol. The van der Waals surface area contributed by atoms with Crippen molar-refractivity contribution in [3.8, 4) is 5.75 Å². The van der Waals surface area contributed by atoms with Crippen LogP contribution in [-0.4, -0.2) is 51.9 Å². The highest BCUT2D eigenvalue weighted by Gasteiger charge is 2.54. The minimum absolute atomic E-state index is 0.131. The summed E-state index contributed by atoms with van der Waals surface area (Å²) in [5.41, 5.74) is 5.80. The molecule has 1 saturated heterocycles. The molecule has 2 aliphatic rings. The molecule has 4 atom stereocenters. The first-order chi connectivity index (χ1) is 19.0. The first-order valence-corrected chi connectivity index (χ1v) is 14.7. The summed E-state index contributed by atoms with van der Waals surface area (Å²) in [5.74, 6) is 7.06. The van der Waals surface area contributed by atoms with Crippen molar-refractivity contribution in [1.29, 1.82) is 0 Å². The second-order valence-corrected chi connectivity index (χ2v) is 12.2. The van der Waals surface area contributed by atoms with Gasteiger partial charge < -0.3 is 28.8 Å². The normalized spacial score (nSPS) is 22.4. The summed E-state index contributed by atoms with van der Waals surface area (Å²) in [6, 6.07) is 8.90. The van der Waals surface area contributed by atoms with Crippen LogP contribution in [0.1, 0.15) is 46.3 Å². The van der Waals surface area contributed by atoms with E-state index in [0.29, 0.717) is 35.1 Å². The van der Waals surface area contributed by atoms with E-state index in [2.05, 4.69) is 22.0 Å². The number of nitrogens with one attached hydrogen (secondary N) is 1. The zero-order valence-electron chi connectivity index (χ0n) is 22.9. The van der Waals surface area contributed by atoms with Gasteiger partial charge in [-0.15, -0.1) is 0 Å². The number of anilines is 2. The molecular formula is C26H35ClN7O5P. The smallest absolute Gasteiger partial charge is 0.327 e. The Hall–Kier alpha value is -2.73. The molecule has 3 aromatic rings. The van der Waals surface area contributed by atoms with E-state index in [9.17, 15) is 4.79 Å². The summed E-state index contributed by atoms with van der Waals surface area (Å²) in [4.78, 5) is 21.5. The number of carbonyl (C=O) groups excluding carboxylic acids is 1. The van der Waals surface area contributed by atoms with Gasteiger partial charge in [0.2, 0.25) is 5.95 Å². The summed E-state index contributed by atoms with van der Waals surface area (Å²) in [7, 11) is 0.000911. The number of rotatable bonds is 11. The van der Waals surface area contributed by atoms with Gasteiger partial charge in [-0.1, -0.05) is 18.5 Å². The maximum atomic E-state index is 12.8. The third kappa shape index (κ3) is 6.27. The molecule has 14 heteroatoms. The van der Waals surface area contributed by atoms with Crippen molar-refractivity contribution in [2.75, 3.05) is 24.4 Å². The number of hydrogen-bond acceptors (Lipinski definition) is 11. The number of benzene rings is 1. The van der Waals surface area contributed by atoms with Crippen LogP contribution in [0.15, 0.2) is 36.5 Å². The Bertz CT molecular complexity index is 1350. The largest absolute Gasteiger partial charge is 0.462 e. The maximum absolute atomic E-state index is 12.8.